The van der Waals surface area contributed by atoms with Gasteiger partial charge in [0, 0.05) is 6.04 Å². The lowest BCUT2D eigenvalue weighted by atomic mass is 9.81. The molecule has 1 fully saturated rings. The molecule has 1 unspecified atom stereocenters. The molecule has 2 nitrogen and oxygen atoms in total. The SMILES string of the molecule is C=COCCCNC(C)CC1CCC1. The number of rotatable bonds is 8. The molecule has 0 bridgehead atoms. The molecule has 1 rings (SSSR count). The van der Waals surface area contributed by atoms with Crippen LogP contribution in [0.1, 0.15) is 39.0 Å². The average Bonchev–Trinajstić information content (AvgIpc) is 2.11. The van der Waals surface area contributed by atoms with Crippen molar-refractivity contribution in [3.8, 4) is 0 Å². The third kappa shape index (κ3) is 4.66. The van der Waals surface area contributed by atoms with Gasteiger partial charge in [0.25, 0.3) is 0 Å². The molecule has 0 amide bonds. The molecule has 0 aromatic rings. The number of hydrogen-bond donors (Lipinski definition) is 1. The van der Waals surface area contributed by atoms with Crippen LogP contribution in [0, 0.1) is 5.92 Å². The van der Waals surface area contributed by atoms with E-state index in [4.69, 9.17) is 4.74 Å². The summed E-state index contributed by atoms with van der Waals surface area (Å²) in [5.74, 6) is 1.00. The molecule has 82 valence electrons. The zero-order valence-electron chi connectivity index (χ0n) is 9.30. The Bertz CT molecular complexity index is 154. The number of hydrogen-bond acceptors (Lipinski definition) is 2. The Kier molecular flexibility index (Phi) is 5.69. The van der Waals surface area contributed by atoms with E-state index >= 15 is 0 Å². The molecule has 1 aliphatic rings. The molecule has 1 atom stereocenters. The Labute approximate surface area is 87.7 Å². The predicted octanol–water partition coefficient (Wildman–Crippen LogP) is 2.70. The third-order valence-electron chi connectivity index (χ3n) is 2.96. The van der Waals surface area contributed by atoms with Gasteiger partial charge < -0.3 is 10.1 Å². The lowest BCUT2D eigenvalue weighted by molar-refractivity contribution is 0.235. The first-order valence-electron chi connectivity index (χ1n) is 5.79. The zero-order valence-corrected chi connectivity index (χ0v) is 9.30. The molecule has 0 radical (unpaired) electrons. The second-order valence-electron chi connectivity index (χ2n) is 4.28. The molecule has 0 aromatic carbocycles. The van der Waals surface area contributed by atoms with Gasteiger partial charge in [-0.05, 0) is 32.2 Å². The van der Waals surface area contributed by atoms with Crippen LogP contribution in [0.25, 0.3) is 0 Å². The van der Waals surface area contributed by atoms with E-state index in [9.17, 15) is 0 Å². The molecule has 1 aliphatic carbocycles. The van der Waals surface area contributed by atoms with Crippen molar-refractivity contribution in [3.05, 3.63) is 12.8 Å². The summed E-state index contributed by atoms with van der Waals surface area (Å²) in [6.45, 7) is 7.63. The highest BCUT2D eigenvalue weighted by molar-refractivity contribution is 4.74. The molecule has 0 saturated heterocycles. The van der Waals surface area contributed by atoms with E-state index in [-0.39, 0.29) is 0 Å². The maximum absolute atomic E-state index is 5.05. The Morgan fingerprint density at radius 2 is 2.36 bits per heavy atom. The first kappa shape index (κ1) is 11.6. The topological polar surface area (TPSA) is 21.3 Å². The van der Waals surface area contributed by atoms with E-state index in [0.29, 0.717) is 6.04 Å². The van der Waals surface area contributed by atoms with Crippen molar-refractivity contribution >= 4 is 0 Å². The molecule has 0 aromatic heterocycles. The van der Waals surface area contributed by atoms with Gasteiger partial charge in [-0.2, -0.15) is 0 Å². The quantitative estimate of drug-likeness (QED) is 0.477. The minimum atomic E-state index is 0.670. The fourth-order valence-electron chi connectivity index (χ4n) is 1.90. The van der Waals surface area contributed by atoms with Crippen molar-refractivity contribution in [2.24, 2.45) is 5.92 Å². The second kappa shape index (κ2) is 6.88. The van der Waals surface area contributed by atoms with E-state index in [1.54, 1.807) is 0 Å². The van der Waals surface area contributed by atoms with Gasteiger partial charge in [-0.25, -0.2) is 0 Å². The Balaban J connectivity index is 1.86. The highest BCUT2D eigenvalue weighted by Crippen LogP contribution is 2.30. The van der Waals surface area contributed by atoms with Gasteiger partial charge in [0.1, 0.15) is 0 Å². The highest BCUT2D eigenvalue weighted by atomic mass is 16.5. The van der Waals surface area contributed by atoms with Gasteiger partial charge in [0.2, 0.25) is 0 Å². The van der Waals surface area contributed by atoms with Gasteiger partial charge in [0.05, 0.1) is 12.9 Å². The molecule has 0 aliphatic heterocycles. The Hall–Kier alpha value is -0.500. The van der Waals surface area contributed by atoms with Crippen LogP contribution in [0.2, 0.25) is 0 Å². The molecular weight excluding hydrogens is 174 g/mol. The zero-order chi connectivity index (χ0) is 10.2. The molecule has 0 heterocycles. The first-order chi connectivity index (χ1) is 6.83. The van der Waals surface area contributed by atoms with E-state index in [1.165, 1.54) is 31.9 Å². The first-order valence-corrected chi connectivity index (χ1v) is 5.79. The second-order valence-corrected chi connectivity index (χ2v) is 4.28. The van der Waals surface area contributed by atoms with Crippen molar-refractivity contribution in [1.82, 2.24) is 5.32 Å². The van der Waals surface area contributed by atoms with Crippen molar-refractivity contribution in [1.29, 1.82) is 0 Å². The Morgan fingerprint density at radius 1 is 1.57 bits per heavy atom. The summed E-state index contributed by atoms with van der Waals surface area (Å²) in [5.41, 5.74) is 0. The summed E-state index contributed by atoms with van der Waals surface area (Å²) < 4.78 is 5.05. The third-order valence-corrected chi connectivity index (χ3v) is 2.96. The van der Waals surface area contributed by atoms with Gasteiger partial charge in [-0.15, -0.1) is 0 Å². The molecular formula is C12H23NO. The summed E-state index contributed by atoms with van der Waals surface area (Å²) in [6.07, 6.45) is 8.28. The maximum atomic E-state index is 5.05. The van der Waals surface area contributed by atoms with Crippen LogP contribution in [0.5, 0.6) is 0 Å². The monoisotopic (exact) mass is 197 g/mol. The molecule has 14 heavy (non-hydrogen) atoms. The van der Waals surface area contributed by atoms with E-state index in [0.717, 1.165) is 25.5 Å². The minimum absolute atomic E-state index is 0.670. The minimum Gasteiger partial charge on any atom is -0.502 e. The van der Waals surface area contributed by atoms with Crippen molar-refractivity contribution in [3.63, 3.8) is 0 Å². The van der Waals surface area contributed by atoms with Gasteiger partial charge in [-0.3, -0.25) is 0 Å². The van der Waals surface area contributed by atoms with E-state index in [2.05, 4.69) is 18.8 Å². The van der Waals surface area contributed by atoms with Crippen LogP contribution >= 0.6 is 0 Å². The van der Waals surface area contributed by atoms with Crippen LogP contribution in [-0.4, -0.2) is 19.2 Å². The van der Waals surface area contributed by atoms with Crippen LogP contribution in [0.15, 0.2) is 12.8 Å². The standard InChI is InChI=1S/C12H23NO/c1-3-14-9-5-8-13-11(2)10-12-6-4-7-12/h3,11-13H,1,4-10H2,2H3. The summed E-state index contributed by atoms with van der Waals surface area (Å²) in [6, 6.07) is 0.670. The highest BCUT2D eigenvalue weighted by Gasteiger charge is 2.19. The van der Waals surface area contributed by atoms with Crippen molar-refractivity contribution < 1.29 is 4.74 Å². The van der Waals surface area contributed by atoms with Gasteiger partial charge in [0.15, 0.2) is 0 Å². The van der Waals surface area contributed by atoms with Crippen LogP contribution in [-0.2, 0) is 4.74 Å². The largest absolute Gasteiger partial charge is 0.502 e. The van der Waals surface area contributed by atoms with Crippen molar-refractivity contribution in [2.75, 3.05) is 13.2 Å². The lowest BCUT2D eigenvalue weighted by Crippen LogP contribution is -2.31. The smallest absolute Gasteiger partial charge is 0.0885 e. The van der Waals surface area contributed by atoms with E-state index < -0.39 is 0 Å². The average molecular weight is 197 g/mol. The maximum Gasteiger partial charge on any atom is 0.0885 e. The van der Waals surface area contributed by atoms with Crippen LogP contribution in [0.3, 0.4) is 0 Å². The normalized spacial score (nSPS) is 18.6. The predicted molar refractivity (Wildman–Crippen MR) is 60.2 cm³/mol. The number of ether oxygens (including phenoxy) is 1. The summed E-state index contributed by atoms with van der Waals surface area (Å²) in [4.78, 5) is 0. The lowest BCUT2D eigenvalue weighted by Gasteiger charge is -2.28. The van der Waals surface area contributed by atoms with Gasteiger partial charge >= 0.3 is 0 Å². The molecule has 0 spiro atoms. The van der Waals surface area contributed by atoms with E-state index in [1.807, 2.05) is 0 Å². The Morgan fingerprint density at radius 3 is 2.93 bits per heavy atom. The summed E-state index contributed by atoms with van der Waals surface area (Å²) in [7, 11) is 0. The molecule has 1 saturated carbocycles. The number of nitrogens with one attached hydrogen (secondary N) is 1. The molecule has 1 N–H and O–H groups in total. The van der Waals surface area contributed by atoms with Crippen molar-refractivity contribution in [2.45, 2.75) is 45.1 Å². The van der Waals surface area contributed by atoms with Gasteiger partial charge in [-0.1, -0.05) is 25.8 Å². The van der Waals surface area contributed by atoms with Crippen LogP contribution < -0.4 is 5.32 Å². The van der Waals surface area contributed by atoms with Crippen LogP contribution in [0.4, 0.5) is 0 Å². The summed E-state index contributed by atoms with van der Waals surface area (Å²) in [5, 5.41) is 3.53. The summed E-state index contributed by atoms with van der Waals surface area (Å²) >= 11 is 0. The fraction of sp³-hybridized carbons (Fsp3) is 0.833. The molecule has 2 heteroatoms. The fourth-order valence-corrected chi connectivity index (χ4v) is 1.90.